The van der Waals surface area contributed by atoms with Gasteiger partial charge >= 0.3 is 0 Å². The molecule has 0 spiro atoms. The standard InChI is InChI=1S/C12H19N3O/c1-16-11-5-6-12(14-9-11)15-10-4-2-3-7-13-8-10/h5-6,9-10,13H,2-4,7-8H2,1H3,(H,14,15). The van der Waals surface area contributed by atoms with Gasteiger partial charge in [0.15, 0.2) is 0 Å². The number of aromatic nitrogens is 1. The molecule has 1 aromatic heterocycles. The van der Waals surface area contributed by atoms with Crippen LogP contribution in [0, 0.1) is 0 Å². The van der Waals surface area contributed by atoms with Crippen LogP contribution < -0.4 is 15.4 Å². The fourth-order valence-corrected chi connectivity index (χ4v) is 1.94. The molecule has 16 heavy (non-hydrogen) atoms. The molecule has 0 radical (unpaired) electrons. The van der Waals surface area contributed by atoms with Crippen LogP contribution in [0.2, 0.25) is 0 Å². The van der Waals surface area contributed by atoms with Crippen LogP contribution in [0.25, 0.3) is 0 Å². The number of hydrogen-bond donors (Lipinski definition) is 2. The smallest absolute Gasteiger partial charge is 0.137 e. The number of methoxy groups -OCH3 is 1. The SMILES string of the molecule is COc1ccc(NC2CCCCNC2)nc1. The van der Waals surface area contributed by atoms with Crippen molar-refractivity contribution in [2.45, 2.75) is 25.3 Å². The lowest BCUT2D eigenvalue weighted by Gasteiger charge is -2.16. The van der Waals surface area contributed by atoms with Crippen molar-refractivity contribution in [1.82, 2.24) is 10.3 Å². The Kier molecular flexibility index (Phi) is 3.99. The molecule has 2 heterocycles. The van der Waals surface area contributed by atoms with Crippen LogP contribution in [0.15, 0.2) is 18.3 Å². The number of nitrogens with one attached hydrogen (secondary N) is 2. The van der Waals surface area contributed by atoms with Gasteiger partial charge in [0.05, 0.1) is 13.3 Å². The molecule has 88 valence electrons. The second kappa shape index (κ2) is 5.70. The Morgan fingerprint density at radius 1 is 1.44 bits per heavy atom. The summed E-state index contributed by atoms with van der Waals surface area (Å²) in [7, 11) is 1.65. The lowest BCUT2D eigenvalue weighted by atomic mass is 10.1. The maximum atomic E-state index is 5.08. The van der Waals surface area contributed by atoms with E-state index >= 15 is 0 Å². The zero-order valence-corrected chi connectivity index (χ0v) is 9.70. The molecule has 0 amide bonds. The van der Waals surface area contributed by atoms with Gasteiger partial charge in [-0.05, 0) is 31.5 Å². The molecular weight excluding hydrogens is 202 g/mol. The van der Waals surface area contributed by atoms with Gasteiger partial charge in [-0.3, -0.25) is 0 Å². The molecule has 1 atom stereocenters. The number of hydrogen-bond acceptors (Lipinski definition) is 4. The Morgan fingerprint density at radius 2 is 2.38 bits per heavy atom. The van der Waals surface area contributed by atoms with Crippen molar-refractivity contribution < 1.29 is 4.74 Å². The van der Waals surface area contributed by atoms with Crippen LogP contribution in [-0.2, 0) is 0 Å². The molecule has 2 N–H and O–H groups in total. The maximum Gasteiger partial charge on any atom is 0.137 e. The van der Waals surface area contributed by atoms with Crippen LogP contribution >= 0.6 is 0 Å². The molecule has 0 bridgehead atoms. The molecule has 1 fully saturated rings. The second-order valence-corrected chi connectivity index (χ2v) is 4.12. The Balaban J connectivity index is 1.91. The van der Waals surface area contributed by atoms with E-state index in [1.165, 1.54) is 19.3 Å². The minimum Gasteiger partial charge on any atom is -0.495 e. The van der Waals surface area contributed by atoms with Crippen LogP contribution in [0.1, 0.15) is 19.3 Å². The normalized spacial score (nSPS) is 21.2. The zero-order chi connectivity index (χ0) is 11.2. The van der Waals surface area contributed by atoms with E-state index in [2.05, 4.69) is 15.6 Å². The molecule has 4 nitrogen and oxygen atoms in total. The van der Waals surface area contributed by atoms with Gasteiger partial charge in [0.2, 0.25) is 0 Å². The molecule has 1 aliphatic rings. The average Bonchev–Trinajstić information content (AvgIpc) is 2.59. The van der Waals surface area contributed by atoms with Crippen LogP contribution in [0.4, 0.5) is 5.82 Å². The third-order valence-corrected chi connectivity index (χ3v) is 2.87. The van der Waals surface area contributed by atoms with Gasteiger partial charge in [-0.2, -0.15) is 0 Å². The summed E-state index contributed by atoms with van der Waals surface area (Å²) >= 11 is 0. The minimum atomic E-state index is 0.489. The van der Waals surface area contributed by atoms with Gasteiger partial charge in [-0.25, -0.2) is 4.98 Å². The lowest BCUT2D eigenvalue weighted by Crippen LogP contribution is -2.31. The molecular formula is C12H19N3O. The van der Waals surface area contributed by atoms with Crippen molar-refractivity contribution in [3.8, 4) is 5.75 Å². The predicted molar refractivity (Wildman–Crippen MR) is 64.9 cm³/mol. The maximum absolute atomic E-state index is 5.08. The van der Waals surface area contributed by atoms with Gasteiger partial charge in [0, 0.05) is 12.6 Å². The second-order valence-electron chi connectivity index (χ2n) is 4.12. The molecule has 1 unspecified atom stereocenters. The Hall–Kier alpha value is -1.29. The Labute approximate surface area is 96.4 Å². The van der Waals surface area contributed by atoms with E-state index in [9.17, 15) is 0 Å². The van der Waals surface area contributed by atoms with E-state index in [1.807, 2.05) is 12.1 Å². The number of anilines is 1. The molecule has 4 heteroatoms. The summed E-state index contributed by atoms with van der Waals surface area (Å²) in [6.45, 7) is 2.15. The van der Waals surface area contributed by atoms with Crippen molar-refractivity contribution in [2.75, 3.05) is 25.5 Å². The molecule has 2 rings (SSSR count). The highest BCUT2D eigenvalue weighted by Crippen LogP contribution is 2.14. The highest BCUT2D eigenvalue weighted by atomic mass is 16.5. The quantitative estimate of drug-likeness (QED) is 0.814. The van der Waals surface area contributed by atoms with Gasteiger partial charge in [0.1, 0.15) is 11.6 Å². The van der Waals surface area contributed by atoms with E-state index < -0.39 is 0 Å². The number of ether oxygens (including phenoxy) is 1. The molecule has 0 aromatic carbocycles. The summed E-state index contributed by atoms with van der Waals surface area (Å²) in [5, 5.41) is 6.87. The Morgan fingerprint density at radius 3 is 3.12 bits per heavy atom. The largest absolute Gasteiger partial charge is 0.495 e. The number of pyridine rings is 1. The first-order valence-electron chi connectivity index (χ1n) is 5.86. The van der Waals surface area contributed by atoms with Gasteiger partial charge in [0.25, 0.3) is 0 Å². The summed E-state index contributed by atoms with van der Waals surface area (Å²) in [5.41, 5.74) is 0. The lowest BCUT2D eigenvalue weighted by molar-refractivity contribution is 0.413. The van der Waals surface area contributed by atoms with Crippen LogP contribution in [0.3, 0.4) is 0 Å². The topological polar surface area (TPSA) is 46.2 Å². The predicted octanol–water partition coefficient (Wildman–Crippen LogP) is 1.64. The molecule has 0 aliphatic carbocycles. The highest BCUT2D eigenvalue weighted by molar-refractivity contribution is 5.38. The van der Waals surface area contributed by atoms with Crippen molar-refractivity contribution in [3.05, 3.63) is 18.3 Å². The van der Waals surface area contributed by atoms with Crippen molar-refractivity contribution >= 4 is 5.82 Å². The number of nitrogens with zero attached hydrogens (tertiary/aromatic N) is 1. The molecule has 1 saturated heterocycles. The van der Waals surface area contributed by atoms with Crippen LogP contribution in [-0.4, -0.2) is 31.2 Å². The van der Waals surface area contributed by atoms with E-state index in [0.717, 1.165) is 24.7 Å². The van der Waals surface area contributed by atoms with E-state index in [1.54, 1.807) is 13.3 Å². The minimum absolute atomic E-state index is 0.489. The summed E-state index contributed by atoms with van der Waals surface area (Å²) in [4.78, 5) is 4.31. The molecule has 1 aromatic rings. The van der Waals surface area contributed by atoms with Gasteiger partial charge < -0.3 is 15.4 Å². The first-order chi connectivity index (χ1) is 7.88. The molecule has 0 saturated carbocycles. The zero-order valence-electron chi connectivity index (χ0n) is 9.70. The first-order valence-corrected chi connectivity index (χ1v) is 5.86. The summed E-state index contributed by atoms with van der Waals surface area (Å²) in [6.07, 6.45) is 5.50. The average molecular weight is 221 g/mol. The molecule has 1 aliphatic heterocycles. The van der Waals surface area contributed by atoms with Crippen LogP contribution in [0.5, 0.6) is 5.75 Å². The monoisotopic (exact) mass is 221 g/mol. The highest BCUT2D eigenvalue weighted by Gasteiger charge is 2.11. The first kappa shape index (κ1) is 11.2. The fraction of sp³-hybridized carbons (Fsp3) is 0.583. The summed E-state index contributed by atoms with van der Waals surface area (Å²) < 4.78 is 5.08. The van der Waals surface area contributed by atoms with Gasteiger partial charge in [-0.1, -0.05) is 6.42 Å². The van der Waals surface area contributed by atoms with Crippen molar-refractivity contribution in [1.29, 1.82) is 0 Å². The van der Waals surface area contributed by atoms with Gasteiger partial charge in [-0.15, -0.1) is 0 Å². The Bertz CT molecular complexity index is 305. The third kappa shape index (κ3) is 3.10. The van der Waals surface area contributed by atoms with E-state index in [0.29, 0.717) is 6.04 Å². The summed E-state index contributed by atoms with van der Waals surface area (Å²) in [6, 6.07) is 4.38. The third-order valence-electron chi connectivity index (χ3n) is 2.87. The fourth-order valence-electron chi connectivity index (χ4n) is 1.94. The van der Waals surface area contributed by atoms with Crippen molar-refractivity contribution in [2.24, 2.45) is 0 Å². The van der Waals surface area contributed by atoms with E-state index in [-0.39, 0.29) is 0 Å². The summed E-state index contributed by atoms with van der Waals surface area (Å²) in [5.74, 6) is 1.72. The van der Waals surface area contributed by atoms with Crippen molar-refractivity contribution in [3.63, 3.8) is 0 Å². The number of rotatable bonds is 3. The van der Waals surface area contributed by atoms with E-state index in [4.69, 9.17) is 4.74 Å².